The molecular weight excluding hydrogens is 212 g/mol. The van der Waals surface area contributed by atoms with Crippen LogP contribution in [0.3, 0.4) is 0 Å². The Morgan fingerprint density at radius 1 is 1.50 bits per heavy atom. The van der Waals surface area contributed by atoms with Crippen LogP contribution in [0, 0.1) is 0 Å². The molecule has 0 heterocycles. The summed E-state index contributed by atoms with van der Waals surface area (Å²) in [4.78, 5) is 22.2. The Bertz CT molecular complexity index is 264. The van der Waals surface area contributed by atoms with Crippen molar-refractivity contribution in [3.63, 3.8) is 0 Å². The maximum absolute atomic E-state index is 11.3. The van der Waals surface area contributed by atoms with Crippen molar-refractivity contribution in [2.75, 3.05) is 13.7 Å². The van der Waals surface area contributed by atoms with Crippen molar-refractivity contribution >= 4 is 11.9 Å². The molecule has 1 rings (SSSR count). The van der Waals surface area contributed by atoms with Crippen LogP contribution in [-0.4, -0.2) is 48.8 Å². The van der Waals surface area contributed by atoms with Crippen molar-refractivity contribution in [2.24, 2.45) is 0 Å². The average Bonchev–Trinajstić information content (AvgIpc) is 2.19. The van der Waals surface area contributed by atoms with Crippen LogP contribution in [0.5, 0.6) is 0 Å². The predicted molar refractivity (Wildman–Crippen MR) is 56.7 cm³/mol. The van der Waals surface area contributed by atoms with E-state index in [1.54, 1.807) is 0 Å². The van der Waals surface area contributed by atoms with Gasteiger partial charge in [-0.2, -0.15) is 0 Å². The van der Waals surface area contributed by atoms with Gasteiger partial charge in [-0.3, -0.25) is 4.79 Å². The molecule has 1 amide bonds. The standard InChI is InChI=1S/C10H18N2O4/c1-6(13)12-9(10(15)16-2)5-11-7-3-8(14)4-7/h7-9,11,14H,3-5H2,1-2H3,(H,12,13). The first kappa shape index (κ1) is 12.9. The fraction of sp³-hybridized carbons (Fsp3) is 0.800. The van der Waals surface area contributed by atoms with E-state index in [2.05, 4.69) is 15.4 Å². The number of carbonyl (C=O) groups excluding carboxylic acids is 2. The second-order valence-corrected chi connectivity index (χ2v) is 4.01. The minimum atomic E-state index is -0.666. The van der Waals surface area contributed by atoms with Gasteiger partial charge in [-0.05, 0) is 12.8 Å². The zero-order valence-electron chi connectivity index (χ0n) is 9.53. The van der Waals surface area contributed by atoms with E-state index in [1.807, 2.05) is 0 Å². The maximum atomic E-state index is 11.3. The van der Waals surface area contributed by atoms with Gasteiger partial charge in [0.15, 0.2) is 0 Å². The van der Waals surface area contributed by atoms with Gasteiger partial charge in [0.25, 0.3) is 0 Å². The summed E-state index contributed by atoms with van der Waals surface area (Å²) in [6.07, 6.45) is 1.14. The number of nitrogens with one attached hydrogen (secondary N) is 2. The number of carbonyl (C=O) groups is 2. The number of amides is 1. The first-order valence-electron chi connectivity index (χ1n) is 5.29. The summed E-state index contributed by atoms with van der Waals surface area (Å²) in [7, 11) is 1.28. The minimum absolute atomic E-state index is 0.218. The second-order valence-electron chi connectivity index (χ2n) is 4.01. The molecule has 0 bridgehead atoms. The van der Waals surface area contributed by atoms with Crippen LogP contribution in [0.25, 0.3) is 0 Å². The first-order valence-corrected chi connectivity index (χ1v) is 5.29. The fourth-order valence-corrected chi connectivity index (χ4v) is 1.62. The molecule has 0 aromatic rings. The summed E-state index contributed by atoms with van der Waals surface area (Å²) >= 11 is 0. The molecule has 6 heteroatoms. The first-order chi connectivity index (χ1) is 7.52. The number of hydrogen-bond acceptors (Lipinski definition) is 5. The van der Waals surface area contributed by atoms with Gasteiger partial charge in [-0.1, -0.05) is 0 Å². The summed E-state index contributed by atoms with van der Waals surface area (Å²) in [5.41, 5.74) is 0. The van der Waals surface area contributed by atoms with Gasteiger partial charge in [-0.15, -0.1) is 0 Å². The molecule has 1 aliphatic rings. The quantitative estimate of drug-likeness (QED) is 0.515. The van der Waals surface area contributed by atoms with E-state index in [4.69, 9.17) is 5.11 Å². The molecule has 0 spiro atoms. The fourth-order valence-electron chi connectivity index (χ4n) is 1.62. The van der Waals surface area contributed by atoms with E-state index in [-0.39, 0.29) is 18.1 Å². The van der Waals surface area contributed by atoms with E-state index >= 15 is 0 Å². The SMILES string of the molecule is COC(=O)C(CNC1CC(O)C1)NC(C)=O. The molecule has 0 radical (unpaired) electrons. The van der Waals surface area contributed by atoms with E-state index in [0.717, 1.165) is 0 Å². The van der Waals surface area contributed by atoms with Gasteiger partial charge >= 0.3 is 5.97 Å². The molecule has 3 N–H and O–H groups in total. The Morgan fingerprint density at radius 2 is 2.12 bits per heavy atom. The highest BCUT2D eigenvalue weighted by Crippen LogP contribution is 2.18. The summed E-state index contributed by atoms with van der Waals surface area (Å²) in [5.74, 6) is -0.742. The van der Waals surface area contributed by atoms with Crippen molar-refractivity contribution in [1.82, 2.24) is 10.6 Å². The lowest BCUT2D eigenvalue weighted by Crippen LogP contribution is -2.52. The molecule has 1 atom stereocenters. The Hall–Kier alpha value is -1.14. The second kappa shape index (κ2) is 5.81. The normalized spacial score (nSPS) is 25.4. The lowest BCUT2D eigenvalue weighted by Gasteiger charge is -2.33. The molecule has 0 aromatic carbocycles. The Labute approximate surface area is 94.3 Å². The topological polar surface area (TPSA) is 87.7 Å². The molecule has 1 unspecified atom stereocenters. The van der Waals surface area contributed by atoms with E-state index in [0.29, 0.717) is 19.4 Å². The number of methoxy groups -OCH3 is 1. The van der Waals surface area contributed by atoms with Gasteiger partial charge in [0, 0.05) is 19.5 Å². The molecule has 0 saturated heterocycles. The van der Waals surface area contributed by atoms with Crippen molar-refractivity contribution in [3.8, 4) is 0 Å². The highest BCUT2D eigenvalue weighted by atomic mass is 16.5. The number of aliphatic hydroxyl groups is 1. The zero-order valence-corrected chi connectivity index (χ0v) is 9.53. The lowest BCUT2D eigenvalue weighted by molar-refractivity contribution is -0.144. The Morgan fingerprint density at radius 3 is 2.56 bits per heavy atom. The third-order valence-corrected chi connectivity index (χ3v) is 2.59. The molecule has 6 nitrogen and oxygen atoms in total. The largest absolute Gasteiger partial charge is 0.467 e. The number of hydrogen-bond donors (Lipinski definition) is 3. The van der Waals surface area contributed by atoms with Crippen LogP contribution >= 0.6 is 0 Å². The minimum Gasteiger partial charge on any atom is -0.467 e. The summed E-state index contributed by atoms with van der Waals surface area (Å²) in [5, 5.41) is 14.7. The van der Waals surface area contributed by atoms with Crippen molar-refractivity contribution in [3.05, 3.63) is 0 Å². The van der Waals surface area contributed by atoms with Crippen LogP contribution < -0.4 is 10.6 Å². The smallest absolute Gasteiger partial charge is 0.329 e. The molecule has 1 aliphatic carbocycles. The number of rotatable bonds is 5. The molecule has 1 saturated carbocycles. The average molecular weight is 230 g/mol. The van der Waals surface area contributed by atoms with Crippen LogP contribution in [0.2, 0.25) is 0 Å². The van der Waals surface area contributed by atoms with Gasteiger partial charge in [0.2, 0.25) is 5.91 Å². The highest BCUT2D eigenvalue weighted by molar-refractivity contribution is 5.83. The van der Waals surface area contributed by atoms with E-state index in [1.165, 1.54) is 14.0 Å². The maximum Gasteiger partial charge on any atom is 0.329 e. The molecule has 0 aliphatic heterocycles. The summed E-state index contributed by atoms with van der Waals surface area (Å²) < 4.78 is 4.58. The van der Waals surface area contributed by atoms with Crippen LogP contribution in [0.15, 0.2) is 0 Å². The number of aliphatic hydroxyl groups excluding tert-OH is 1. The molecule has 16 heavy (non-hydrogen) atoms. The van der Waals surface area contributed by atoms with Gasteiger partial charge < -0.3 is 20.5 Å². The van der Waals surface area contributed by atoms with Gasteiger partial charge in [0.1, 0.15) is 6.04 Å². The number of esters is 1. The Balaban J connectivity index is 2.32. The van der Waals surface area contributed by atoms with E-state index < -0.39 is 12.0 Å². The summed E-state index contributed by atoms with van der Waals surface area (Å²) in [6, 6.07) is -0.448. The molecular formula is C10H18N2O4. The lowest BCUT2D eigenvalue weighted by atomic mass is 9.89. The molecule has 92 valence electrons. The third-order valence-electron chi connectivity index (χ3n) is 2.59. The molecule has 0 aromatic heterocycles. The molecule has 1 fully saturated rings. The van der Waals surface area contributed by atoms with Crippen LogP contribution in [0.4, 0.5) is 0 Å². The highest BCUT2D eigenvalue weighted by Gasteiger charge is 2.28. The van der Waals surface area contributed by atoms with Crippen molar-refractivity contribution in [1.29, 1.82) is 0 Å². The zero-order chi connectivity index (χ0) is 12.1. The Kier molecular flexibility index (Phi) is 4.70. The van der Waals surface area contributed by atoms with E-state index in [9.17, 15) is 9.59 Å². The van der Waals surface area contributed by atoms with Crippen molar-refractivity contribution < 1.29 is 19.4 Å². The number of ether oxygens (including phenoxy) is 1. The van der Waals surface area contributed by atoms with Gasteiger partial charge in [0.05, 0.1) is 13.2 Å². The monoisotopic (exact) mass is 230 g/mol. The van der Waals surface area contributed by atoms with Crippen LogP contribution in [0.1, 0.15) is 19.8 Å². The summed E-state index contributed by atoms with van der Waals surface area (Å²) in [6.45, 7) is 1.67. The predicted octanol–water partition coefficient (Wildman–Crippen LogP) is -1.22. The van der Waals surface area contributed by atoms with Crippen LogP contribution in [-0.2, 0) is 14.3 Å². The van der Waals surface area contributed by atoms with Crippen molar-refractivity contribution in [2.45, 2.75) is 38.0 Å². The third kappa shape index (κ3) is 3.79. The van der Waals surface area contributed by atoms with Gasteiger partial charge in [-0.25, -0.2) is 4.79 Å².